The van der Waals surface area contributed by atoms with Gasteiger partial charge in [0.2, 0.25) is 0 Å². The van der Waals surface area contributed by atoms with E-state index in [1.54, 1.807) is 0 Å². The first kappa shape index (κ1) is 16.2. The van der Waals surface area contributed by atoms with Gasteiger partial charge in [0.1, 0.15) is 6.29 Å². The second-order valence-electron chi connectivity index (χ2n) is 2.79. The molecule has 0 amide bonds. The van der Waals surface area contributed by atoms with Gasteiger partial charge in [0.25, 0.3) is 0 Å². The number of hydrogen-bond acceptors (Lipinski definition) is 1. The molecule has 0 atom stereocenters. The average Bonchev–Trinajstić information content (AvgIpc) is 2.95. The van der Waals surface area contributed by atoms with Crippen molar-refractivity contribution >= 4 is 17.9 Å². The van der Waals surface area contributed by atoms with Crippen LogP contribution in [-0.2, 0) is 21.9 Å². The monoisotopic (exact) mass is 274 g/mol. The summed E-state index contributed by atoms with van der Waals surface area (Å²) in [6.07, 6.45) is 19.4. The molecule has 0 unspecified atom stereocenters. The molecule has 0 spiro atoms. The number of carbonyl (C=O) groups is 1. The van der Waals surface area contributed by atoms with Crippen molar-refractivity contribution in [3.63, 3.8) is 0 Å². The Labute approximate surface area is 114 Å². The molecule has 82 valence electrons. The van der Waals surface area contributed by atoms with Crippen molar-refractivity contribution in [1.82, 2.24) is 0 Å². The summed E-state index contributed by atoms with van der Waals surface area (Å²) in [5, 5.41) is 0.486. The number of carbonyl (C=O) groups excluding carboxylic acids is 1. The Morgan fingerprint density at radius 2 is 1.38 bits per heavy atom. The van der Waals surface area contributed by atoms with Crippen LogP contribution < -0.4 is 0 Å². The summed E-state index contributed by atoms with van der Waals surface area (Å²) in [5.74, 6) is 0.883. The number of hydrogen-bond donors (Lipinski definition) is 0. The Kier molecular flexibility index (Phi) is 10.5. The fourth-order valence-corrected chi connectivity index (χ4v) is 1.19. The van der Waals surface area contributed by atoms with E-state index in [0.29, 0.717) is 11.3 Å². The molecule has 0 heterocycles. The van der Waals surface area contributed by atoms with Crippen molar-refractivity contribution < 1.29 is 21.9 Å². The Morgan fingerprint density at radius 3 is 1.75 bits per heavy atom. The first-order valence-corrected chi connectivity index (χ1v) is 4.92. The molecule has 16 heavy (non-hydrogen) atoms. The molecule has 0 aromatic heterocycles. The zero-order valence-electron chi connectivity index (χ0n) is 8.49. The van der Waals surface area contributed by atoms with Gasteiger partial charge in [0.05, 0.1) is 0 Å². The van der Waals surface area contributed by atoms with Crippen LogP contribution in [0.5, 0.6) is 0 Å². The first-order chi connectivity index (χ1) is 7.34. The summed E-state index contributed by atoms with van der Waals surface area (Å²) < 4.78 is 0. The summed E-state index contributed by atoms with van der Waals surface area (Å²) in [7, 11) is 0. The molecular formula is C13H11ClFeO+2. The third kappa shape index (κ3) is 6.73. The molecule has 0 aromatic rings. The van der Waals surface area contributed by atoms with Gasteiger partial charge in [-0.25, -0.2) is 0 Å². The molecule has 10 radical (unpaired) electrons. The van der Waals surface area contributed by atoms with Crippen molar-refractivity contribution in [3.05, 3.63) is 74.8 Å². The normalized spacial score (nSPS) is 20.9. The van der Waals surface area contributed by atoms with Crippen molar-refractivity contribution in [3.8, 4) is 0 Å². The molecular weight excluding hydrogens is 263 g/mol. The Hall–Kier alpha value is 0.219. The van der Waals surface area contributed by atoms with Crippen molar-refractivity contribution in [2.45, 2.75) is 0 Å². The van der Waals surface area contributed by atoms with Crippen molar-refractivity contribution in [2.24, 2.45) is 0 Å². The number of allylic oxidation sites excluding steroid dienone is 2. The van der Waals surface area contributed by atoms with Gasteiger partial charge in [0, 0.05) is 11.0 Å². The van der Waals surface area contributed by atoms with Crippen LogP contribution in [0, 0.1) is 63.7 Å². The summed E-state index contributed by atoms with van der Waals surface area (Å²) >= 11 is 5.68. The van der Waals surface area contributed by atoms with Crippen molar-refractivity contribution in [1.29, 1.82) is 0 Å². The maximum absolute atomic E-state index is 9.95. The van der Waals surface area contributed by atoms with E-state index in [9.17, 15) is 4.79 Å². The van der Waals surface area contributed by atoms with E-state index in [2.05, 4.69) is 0 Å². The predicted molar refractivity (Wildman–Crippen MR) is 61.9 cm³/mol. The number of aldehydes is 1. The Bertz CT molecular complexity index is 198. The fourth-order valence-electron chi connectivity index (χ4n) is 1.01. The summed E-state index contributed by atoms with van der Waals surface area (Å²) in [6, 6.07) is 0. The van der Waals surface area contributed by atoms with Crippen LogP contribution >= 0.6 is 11.6 Å². The van der Waals surface area contributed by atoms with Crippen LogP contribution in [-0.4, -0.2) is 6.29 Å². The van der Waals surface area contributed by atoms with Crippen LogP contribution in [0.2, 0.25) is 0 Å². The molecule has 2 saturated carbocycles. The van der Waals surface area contributed by atoms with E-state index >= 15 is 0 Å². The molecule has 0 N–H and O–H groups in total. The van der Waals surface area contributed by atoms with E-state index in [1.165, 1.54) is 6.08 Å². The summed E-state index contributed by atoms with van der Waals surface area (Å²) in [5.41, 5.74) is 0. The topological polar surface area (TPSA) is 17.1 Å². The summed E-state index contributed by atoms with van der Waals surface area (Å²) in [4.78, 5) is 9.95. The third-order valence-electron chi connectivity index (χ3n) is 1.71. The Morgan fingerprint density at radius 1 is 0.938 bits per heavy atom. The fraction of sp³-hybridized carbons (Fsp3) is 0. The van der Waals surface area contributed by atoms with Gasteiger partial charge in [-0.2, -0.15) is 0 Å². The maximum atomic E-state index is 9.95. The number of rotatable bonds is 2. The molecule has 3 heteroatoms. The van der Waals surface area contributed by atoms with Gasteiger partial charge in [-0.3, -0.25) is 4.79 Å². The minimum absolute atomic E-state index is 0. The van der Waals surface area contributed by atoms with E-state index in [1.807, 2.05) is 57.8 Å². The zero-order valence-corrected chi connectivity index (χ0v) is 10.4. The van der Waals surface area contributed by atoms with E-state index in [4.69, 9.17) is 11.6 Å². The minimum atomic E-state index is 0. The predicted octanol–water partition coefficient (Wildman–Crippen LogP) is 2.73. The molecule has 2 fully saturated rings. The smallest absolute Gasteiger partial charge is 0.299 e. The van der Waals surface area contributed by atoms with E-state index < -0.39 is 0 Å². The van der Waals surface area contributed by atoms with Gasteiger partial charge in [-0.15, -0.1) is 0 Å². The molecule has 0 bridgehead atoms. The Balaban J connectivity index is 0.000000318. The van der Waals surface area contributed by atoms with Gasteiger partial charge >= 0.3 is 17.1 Å². The largest absolute Gasteiger partial charge is 2.00 e. The SMILES string of the molecule is O=C/C=C(\Cl)[C]1[CH][CH][CH][CH]1.[CH]1[CH][CH][CH][CH]1.[Fe+2]. The van der Waals surface area contributed by atoms with Gasteiger partial charge in [-0.05, 0) is 63.9 Å². The van der Waals surface area contributed by atoms with Gasteiger partial charge < -0.3 is 0 Å². The van der Waals surface area contributed by atoms with Crippen molar-refractivity contribution in [2.75, 3.05) is 0 Å². The van der Waals surface area contributed by atoms with Gasteiger partial charge in [-0.1, -0.05) is 11.6 Å². The maximum Gasteiger partial charge on any atom is 2.00 e. The molecule has 1 nitrogen and oxygen atoms in total. The van der Waals surface area contributed by atoms with Crippen LogP contribution in [0.4, 0.5) is 0 Å². The second kappa shape index (κ2) is 10.4. The van der Waals surface area contributed by atoms with E-state index in [-0.39, 0.29) is 17.1 Å². The first-order valence-electron chi connectivity index (χ1n) is 4.54. The molecule has 0 aliphatic heterocycles. The van der Waals surface area contributed by atoms with Crippen LogP contribution in [0.15, 0.2) is 11.1 Å². The molecule has 0 saturated heterocycles. The van der Waals surface area contributed by atoms with Crippen LogP contribution in [0.3, 0.4) is 0 Å². The average molecular weight is 275 g/mol. The second-order valence-corrected chi connectivity index (χ2v) is 3.19. The minimum Gasteiger partial charge on any atom is -0.299 e. The molecule has 2 aliphatic rings. The standard InChI is InChI=1S/C8H6ClO.C5H5.Fe/c9-8(5-6-10)7-3-1-2-4-7;1-2-4-5-3-1;/h1-6H;1-5H;/q;;+2/b8-5-;;. The number of halogens is 1. The third-order valence-corrected chi connectivity index (χ3v) is 2.05. The molecule has 2 rings (SSSR count). The van der Waals surface area contributed by atoms with Crippen LogP contribution in [0.1, 0.15) is 0 Å². The summed E-state index contributed by atoms with van der Waals surface area (Å²) in [6.45, 7) is 0. The quantitative estimate of drug-likeness (QED) is 0.430. The van der Waals surface area contributed by atoms with Gasteiger partial charge in [0.15, 0.2) is 0 Å². The molecule has 0 aromatic carbocycles. The van der Waals surface area contributed by atoms with E-state index in [0.717, 1.165) is 5.92 Å². The zero-order chi connectivity index (χ0) is 10.9. The van der Waals surface area contributed by atoms with Crippen LogP contribution in [0.25, 0.3) is 0 Å². The molecule has 2 aliphatic carbocycles.